The van der Waals surface area contributed by atoms with Gasteiger partial charge in [-0.25, -0.2) is 9.69 Å². The first-order valence-corrected chi connectivity index (χ1v) is 7.16. The van der Waals surface area contributed by atoms with Crippen molar-refractivity contribution >= 4 is 11.9 Å². The Hall–Kier alpha value is -1.92. The smallest absolute Gasteiger partial charge is 0.350 e. The van der Waals surface area contributed by atoms with Crippen LogP contribution >= 0.6 is 0 Å². The zero-order valence-corrected chi connectivity index (χ0v) is 15.0. The lowest BCUT2D eigenvalue weighted by atomic mass is 10.0. The van der Waals surface area contributed by atoms with Gasteiger partial charge in [0.25, 0.3) is 5.95 Å². The molecule has 0 aliphatic heterocycles. The Bertz CT molecular complexity index is 427. The molecule has 0 unspecified atom stereocenters. The van der Waals surface area contributed by atoms with E-state index in [4.69, 9.17) is 9.47 Å². The van der Waals surface area contributed by atoms with Crippen LogP contribution < -0.4 is 0 Å². The number of methoxy groups -OCH3 is 2. The van der Waals surface area contributed by atoms with Gasteiger partial charge in [-0.15, -0.1) is 0 Å². The van der Waals surface area contributed by atoms with Crippen LogP contribution in [0.25, 0.3) is 0 Å². The van der Waals surface area contributed by atoms with E-state index in [9.17, 15) is 9.90 Å². The molecular weight excluding hydrogens is 286 g/mol. The fourth-order valence-electron chi connectivity index (χ4n) is 2.37. The summed E-state index contributed by atoms with van der Waals surface area (Å²) in [7, 11) is 10.4. The zero-order valence-electron chi connectivity index (χ0n) is 15.0. The van der Waals surface area contributed by atoms with Crippen molar-refractivity contribution in [2.75, 3.05) is 49.0 Å². The summed E-state index contributed by atoms with van der Waals surface area (Å²) in [6.45, 7) is 4.22. The quantitative estimate of drug-likeness (QED) is 0.256. The van der Waals surface area contributed by atoms with Crippen molar-refractivity contribution in [3.63, 3.8) is 0 Å². The molecule has 0 radical (unpaired) electrons. The second-order valence-electron chi connectivity index (χ2n) is 5.70. The zero-order chi connectivity index (χ0) is 17.4. The Labute approximate surface area is 133 Å². The van der Waals surface area contributed by atoms with E-state index in [0.717, 1.165) is 5.96 Å². The van der Waals surface area contributed by atoms with E-state index in [0.29, 0.717) is 6.54 Å². The monoisotopic (exact) mass is 316 g/mol. The number of esters is 1. The number of rotatable bonds is 6. The first-order chi connectivity index (χ1) is 10.2. The van der Waals surface area contributed by atoms with Crippen molar-refractivity contribution in [2.24, 2.45) is 5.92 Å². The van der Waals surface area contributed by atoms with E-state index >= 15 is 0 Å². The van der Waals surface area contributed by atoms with Gasteiger partial charge >= 0.3 is 11.9 Å². The lowest BCUT2D eigenvalue weighted by Gasteiger charge is -2.31. The Kier molecular flexibility index (Phi) is 8.37. The molecule has 0 amide bonds. The number of guanidine groups is 1. The van der Waals surface area contributed by atoms with Crippen LogP contribution in [0.15, 0.2) is 12.0 Å². The van der Waals surface area contributed by atoms with E-state index in [1.165, 1.54) is 20.3 Å². The SMILES string of the molecule is COC(=O)[C@H](C(C)C)N(C/C=C(\O)OC)C(N(C)C)=[N+](C)C. The Morgan fingerprint density at radius 3 is 2.09 bits per heavy atom. The summed E-state index contributed by atoms with van der Waals surface area (Å²) in [6, 6.07) is -0.481. The van der Waals surface area contributed by atoms with Gasteiger partial charge in [0.05, 0.1) is 49.0 Å². The van der Waals surface area contributed by atoms with E-state index in [2.05, 4.69) is 0 Å². The van der Waals surface area contributed by atoms with Crippen LogP contribution in [-0.2, 0) is 14.3 Å². The number of aliphatic hydroxyl groups is 1. The molecule has 0 spiro atoms. The molecule has 0 fully saturated rings. The Morgan fingerprint density at radius 2 is 1.77 bits per heavy atom. The molecule has 1 N–H and O–H groups in total. The Balaban J connectivity index is 5.86. The first kappa shape index (κ1) is 20.1. The maximum absolute atomic E-state index is 12.2. The second-order valence-corrected chi connectivity index (χ2v) is 5.70. The van der Waals surface area contributed by atoms with Crippen molar-refractivity contribution < 1.29 is 24.0 Å². The van der Waals surface area contributed by atoms with Crippen LogP contribution in [0.4, 0.5) is 0 Å². The van der Waals surface area contributed by atoms with Crippen molar-refractivity contribution in [3.8, 4) is 0 Å². The summed E-state index contributed by atoms with van der Waals surface area (Å²) in [5.74, 6) is 0.348. The summed E-state index contributed by atoms with van der Waals surface area (Å²) >= 11 is 0. The molecule has 22 heavy (non-hydrogen) atoms. The third kappa shape index (κ3) is 5.46. The number of nitrogens with zero attached hydrogens (tertiary/aromatic N) is 3. The van der Waals surface area contributed by atoms with Crippen molar-refractivity contribution in [1.29, 1.82) is 0 Å². The number of hydrogen-bond donors (Lipinski definition) is 1. The predicted octanol–water partition coefficient (Wildman–Crippen LogP) is 0.722. The largest absolute Gasteiger partial charge is 0.481 e. The van der Waals surface area contributed by atoms with Gasteiger partial charge in [0.2, 0.25) is 0 Å². The molecule has 7 nitrogen and oxygen atoms in total. The number of carbonyl (C=O) groups is 1. The normalized spacial score (nSPS) is 12.7. The van der Waals surface area contributed by atoms with Crippen LogP contribution in [0.1, 0.15) is 13.8 Å². The number of carbonyl (C=O) groups excluding carboxylic acids is 1. The van der Waals surface area contributed by atoms with Crippen LogP contribution in [0.2, 0.25) is 0 Å². The van der Waals surface area contributed by atoms with Gasteiger partial charge in [-0.1, -0.05) is 13.8 Å². The minimum absolute atomic E-state index is 0.0282. The molecule has 7 heteroatoms. The number of hydrogen-bond acceptors (Lipinski definition) is 4. The van der Waals surface area contributed by atoms with E-state index < -0.39 is 6.04 Å². The Morgan fingerprint density at radius 1 is 1.23 bits per heavy atom. The molecule has 0 bridgehead atoms. The fourth-order valence-corrected chi connectivity index (χ4v) is 2.37. The van der Waals surface area contributed by atoms with Gasteiger partial charge in [-0.05, 0) is 5.92 Å². The van der Waals surface area contributed by atoms with Gasteiger partial charge in [0.1, 0.15) is 0 Å². The van der Waals surface area contributed by atoms with E-state index in [1.807, 2.05) is 56.4 Å². The van der Waals surface area contributed by atoms with Crippen LogP contribution in [0.5, 0.6) is 0 Å². The lowest BCUT2D eigenvalue weighted by Crippen LogP contribution is -2.55. The summed E-state index contributed by atoms with van der Waals surface area (Å²) < 4.78 is 11.6. The topological polar surface area (TPSA) is 65.2 Å². The van der Waals surface area contributed by atoms with Gasteiger partial charge < -0.3 is 14.6 Å². The first-order valence-electron chi connectivity index (χ1n) is 7.16. The summed E-state index contributed by atoms with van der Waals surface area (Å²) in [4.78, 5) is 16.0. The highest BCUT2D eigenvalue weighted by Gasteiger charge is 2.38. The van der Waals surface area contributed by atoms with Gasteiger partial charge in [0.15, 0.2) is 6.04 Å². The molecule has 0 rings (SSSR count). The van der Waals surface area contributed by atoms with Crippen LogP contribution in [0.3, 0.4) is 0 Å². The van der Waals surface area contributed by atoms with Gasteiger partial charge in [-0.2, -0.15) is 0 Å². The van der Waals surface area contributed by atoms with Gasteiger partial charge in [-0.3, -0.25) is 9.48 Å². The third-order valence-electron chi connectivity index (χ3n) is 3.14. The maximum atomic E-state index is 12.2. The highest BCUT2D eigenvalue weighted by molar-refractivity contribution is 5.84. The van der Waals surface area contributed by atoms with E-state index in [-0.39, 0.29) is 17.8 Å². The minimum atomic E-state index is -0.481. The summed E-state index contributed by atoms with van der Waals surface area (Å²) in [5, 5.41) is 9.54. The average Bonchev–Trinajstić information content (AvgIpc) is 2.42. The molecule has 0 saturated heterocycles. The van der Waals surface area contributed by atoms with Crippen LogP contribution in [-0.4, -0.2) is 86.4 Å². The fraction of sp³-hybridized carbons (Fsp3) is 0.733. The molecular formula is C15H30N3O4+. The molecule has 128 valence electrons. The highest BCUT2D eigenvalue weighted by Crippen LogP contribution is 2.15. The molecule has 0 aromatic carbocycles. The number of aliphatic hydroxyl groups excluding tert-OH is 1. The molecule has 0 heterocycles. The second kappa shape index (κ2) is 9.17. The van der Waals surface area contributed by atoms with Gasteiger partial charge in [0, 0.05) is 6.08 Å². The molecule has 0 aromatic heterocycles. The molecule has 1 atom stereocenters. The molecule has 0 aliphatic rings. The summed E-state index contributed by atoms with van der Waals surface area (Å²) in [5.41, 5.74) is 0. The molecule has 0 aromatic rings. The predicted molar refractivity (Wildman–Crippen MR) is 85.9 cm³/mol. The van der Waals surface area contributed by atoms with E-state index in [1.54, 1.807) is 0 Å². The average molecular weight is 316 g/mol. The lowest BCUT2D eigenvalue weighted by molar-refractivity contribution is -0.476. The minimum Gasteiger partial charge on any atom is -0.481 e. The number of ether oxygens (including phenoxy) is 2. The molecule has 0 aliphatic carbocycles. The standard InChI is InChI=1S/C15H29N3O4/c1-11(2)13(14(20)22-8)18(10-9-12(19)21-7)15(16(3)4)17(5)6/h9,11,13H,10H2,1-8H3/p+1/b12-9+/t13-/m0/s1. The van der Waals surface area contributed by atoms with Crippen molar-refractivity contribution in [2.45, 2.75) is 19.9 Å². The maximum Gasteiger partial charge on any atom is 0.350 e. The van der Waals surface area contributed by atoms with Crippen molar-refractivity contribution in [1.82, 2.24) is 9.80 Å². The summed E-state index contributed by atoms with van der Waals surface area (Å²) in [6.07, 6.45) is 1.52. The molecule has 0 saturated carbocycles. The third-order valence-corrected chi connectivity index (χ3v) is 3.14. The highest BCUT2D eigenvalue weighted by atomic mass is 16.6. The van der Waals surface area contributed by atoms with Crippen LogP contribution in [0, 0.1) is 5.92 Å². The van der Waals surface area contributed by atoms with Crippen molar-refractivity contribution in [3.05, 3.63) is 12.0 Å².